The first-order chi connectivity index (χ1) is 15.4. The van der Waals surface area contributed by atoms with Crippen LogP contribution >= 0.6 is 23.4 Å². The lowest BCUT2D eigenvalue weighted by molar-refractivity contribution is -0.384. The SMILES string of the molecule is Cc1ccc([N+](=O)[O-])cc1NC(=O)CSc1nc(-c2ccccc2)nc2ccc(Cl)cc12. The molecule has 1 amide bonds. The number of nitro groups is 1. The second-order valence-electron chi connectivity index (χ2n) is 6.97. The fraction of sp³-hybridized carbons (Fsp3) is 0.0870. The zero-order valence-electron chi connectivity index (χ0n) is 16.9. The summed E-state index contributed by atoms with van der Waals surface area (Å²) < 4.78 is 0. The van der Waals surface area contributed by atoms with Crippen molar-refractivity contribution in [3.8, 4) is 11.4 Å². The summed E-state index contributed by atoms with van der Waals surface area (Å²) in [6.45, 7) is 1.78. The van der Waals surface area contributed by atoms with Crippen LogP contribution in [0, 0.1) is 17.0 Å². The van der Waals surface area contributed by atoms with Gasteiger partial charge in [-0.05, 0) is 30.7 Å². The number of non-ortho nitro benzene ring substituents is 1. The number of nitrogens with zero attached hydrogens (tertiary/aromatic N) is 3. The van der Waals surface area contributed by atoms with E-state index in [4.69, 9.17) is 11.6 Å². The molecule has 0 bridgehead atoms. The number of carbonyl (C=O) groups is 1. The molecular weight excluding hydrogens is 448 g/mol. The van der Waals surface area contributed by atoms with E-state index in [0.717, 1.165) is 22.0 Å². The minimum atomic E-state index is -0.494. The average Bonchev–Trinajstić information content (AvgIpc) is 2.79. The van der Waals surface area contributed by atoms with Gasteiger partial charge in [0.15, 0.2) is 5.82 Å². The highest BCUT2D eigenvalue weighted by atomic mass is 35.5. The van der Waals surface area contributed by atoms with Crippen molar-refractivity contribution in [1.82, 2.24) is 9.97 Å². The van der Waals surface area contributed by atoms with Gasteiger partial charge in [0.1, 0.15) is 5.03 Å². The number of aromatic nitrogens is 2. The van der Waals surface area contributed by atoms with Gasteiger partial charge in [-0.2, -0.15) is 0 Å². The van der Waals surface area contributed by atoms with Crippen molar-refractivity contribution in [2.75, 3.05) is 11.1 Å². The molecule has 32 heavy (non-hydrogen) atoms. The lowest BCUT2D eigenvalue weighted by Gasteiger charge is -2.10. The molecule has 4 rings (SSSR count). The van der Waals surface area contributed by atoms with Gasteiger partial charge in [0.05, 0.1) is 21.9 Å². The first kappa shape index (κ1) is 21.7. The molecule has 1 N–H and O–H groups in total. The molecule has 9 heteroatoms. The maximum absolute atomic E-state index is 12.6. The largest absolute Gasteiger partial charge is 0.325 e. The predicted octanol–water partition coefficient (Wildman–Crippen LogP) is 5.90. The van der Waals surface area contributed by atoms with Gasteiger partial charge in [-0.3, -0.25) is 14.9 Å². The molecular formula is C23H17ClN4O3S. The summed E-state index contributed by atoms with van der Waals surface area (Å²) in [5, 5.41) is 15.7. The summed E-state index contributed by atoms with van der Waals surface area (Å²) >= 11 is 7.43. The number of nitro benzene ring substituents is 1. The zero-order chi connectivity index (χ0) is 22.7. The molecule has 1 aromatic heterocycles. The number of hydrogen-bond donors (Lipinski definition) is 1. The Bertz CT molecular complexity index is 1330. The molecule has 160 valence electrons. The molecule has 0 unspecified atom stereocenters. The van der Waals surface area contributed by atoms with Gasteiger partial charge < -0.3 is 5.32 Å². The van der Waals surface area contributed by atoms with Gasteiger partial charge in [-0.1, -0.05) is 59.8 Å². The van der Waals surface area contributed by atoms with Gasteiger partial charge >= 0.3 is 0 Å². The quantitative estimate of drug-likeness (QED) is 0.165. The highest BCUT2D eigenvalue weighted by Crippen LogP contribution is 2.30. The second kappa shape index (κ2) is 9.33. The summed E-state index contributed by atoms with van der Waals surface area (Å²) in [7, 11) is 0. The molecule has 4 aromatic rings. The van der Waals surface area contributed by atoms with Gasteiger partial charge in [0.25, 0.3) is 5.69 Å². The van der Waals surface area contributed by atoms with Crippen molar-refractivity contribution in [2.24, 2.45) is 0 Å². The average molecular weight is 465 g/mol. The fourth-order valence-electron chi connectivity index (χ4n) is 3.08. The van der Waals surface area contributed by atoms with E-state index in [2.05, 4.69) is 15.3 Å². The Balaban J connectivity index is 1.60. The molecule has 0 aliphatic rings. The van der Waals surface area contributed by atoms with Crippen LogP contribution in [0.4, 0.5) is 11.4 Å². The first-order valence-electron chi connectivity index (χ1n) is 9.61. The number of carbonyl (C=O) groups excluding carboxylic acids is 1. The van der Waals surface area contributed by atoms with Crippen LogP contribution in [0.25, 0.3) is 22.3 Å². The number of rotatable bonds is 6. The summed E-state index contributed by atoms with van der Waals surface area (Å²) in [6, 6.07) is 19.3. The number of anilines is 1. The number of amides is 1. The fourth-order valence-corrected chi connectivity index (χ4v) is 4.06. The normalized spacial score (nSPS) is 10.8. The monoisotopic (exact) mass is 464 g/mol. The summed E-state index contributed by atoms with van der Waals surface area (Å²) in [5.74, 6) is 0.320. The van der Waals surface area contributed by atoms with Crippen molar-refractivity contribution in [1.29, 1.82) is 0 Å². The summed E-state index contributed by atoms with van der Waals surface area (Å²) in [6.07, 6.45) is 0. The third kappa shape index (κ3) is 4.87. The third-order valence-electron chi connectivity index (χ3n) is 4.70. The number of fused-ring (bicyclic) bond motifs is 1. The van der Waals surface area contributed by atoms with Crippen LogP contribution in [0.2, 0.25) is 5.02 Å². The molecule has 3 aromatic carbocycles. The highest BCUT2D eigenvalue weighted by Gasteiger charge is 2.14. The van der Waals surface area contributed by atoms with E-state index in [0.29, 0.717) is 21.6 Å². The first-order valence-corrected chi connectivity index (χ1v) is 11.0. The van der Waals surface area contributed by atoms with E-state index in [1.54, 1.807) is 25.1 Å². The van der Waals surface area contributed by atoms with Gasteiger partial charge in [0, 0.05) is 28.1 Å². The summed E-state index contributed by atoms with van der Waals surface area (Å²) in [5.41, 5.74) is 2.65. The van der Waals surface area contributed by atoms with Crippen LogP contribution in [0.15, 0.2) is 71.8 Å². The third-order valence-corrected chi connectivity index (χ3v) is 5.93. The highest BCUT2D eigenvalue weighted by molar-refractivity contribution is 8.00. The van der Waals surface area contributed by atoms with E-state index < -0.39 is 4.92 Å². The number of aryl methyl sites for hydroxylation is 1. The number of thioether (sulfide) groups is 1. The van der Waals surface area contributed by atoms with Crippen LogP contribution in [0.5, 0.6) is 0 Å². The maximum atomic E-state index is 12.6. The minimum Gasteiger partial charge on any atom is -0.325 e. The van der Waals surface area contributed by atoms with Gasteiger partial charge in [-0.15, -0.1) is 0 Å². The van der Waals surface area contributed by atoms with Crippen LogP contribution in [-0.2, 0) is 4.79 Å². The zero-order valence-corrected chi connectivity index (χ0v) is 18.5. The summed E-state index contributed by atoms with van der Waals surface area (Å²) in [4.78, 5) is 32.4. The Labute approximate surface area is 193 Å². The molecule has 0 spiro atoms. The van der Waals surface area contributed by atoms with Crippen LogP contribution < -0.4 is 5.32 Å². The van der Waals surface area contributed by atoms with Crippen LogP contribution in [0.3, 0.4) is 0 Å². The number of hydrogen-bond acceptors (Lipinski definition) is 6. The van der Waals surface area contributed by atoms with E-state index in [-0.39, 0.29) is 17.3 Å². The Kier molecular flexibility index (Phi) is 6.34. The number of halogens is 1. The molecule has 0 aliphatic carbocycles. The Morgan fingerprint density at radius 1 is 1.09 bits per heavy atom. The minimum absolute atomic E-state index is 0.0645. The van der Waals surface area contributed by atoms with Crippen LogP contribution in [0.1, 0.15) is 5.56 Å². The Morgan fingerprint density at radius 3 is 2.62 bits per heavy atom. The van der Waals surface area contributed by atoms with Crippen LogP contribution in [-0.4, -0.2) is 26.6 Å². The van der Waals surface area contributed by atoms with Gasteiger partial charge in [0.2, 0.25) is 5.91 Å². The maximum Gasteiger partial charge on any atom is 0.271 e. The van der Waals surface area contributed by atoms with E-state index in [9.17, 15) is 14.9 Å². The molecule has 0 fully saturated rings. The Morgan fingerprint density at radius 2 is 1.88 bits per heavy atom. The molecule has 0 radical (unpaired) electrons. The number of benzene rings is 3. The smallest absolute Gasteiger partial charge is 0.271 e. The standard InChI is InChI=1S/C23H17ClN4O3S/c1-14-7-9-17(28(30)31)12-20(14)25-21(29)13-32-23-18-11-16(24)8-10-19(18)26-22(27-23)15-5-3-2-4-6-15/h2-12H,13H2,1H3,(H,25,29). The van der Waals surface area contributed by atoms with E-state index >= 15 is 0 Å². The molecule has 7 nitrogen and oxygen atoms in total. The topological polar surface area (TPSA) is 98.0 Å². The van der Waals surface area contributed by atoms with Gasteiger partial charge in [-0.25, -0.2) is 9.97 Å². The molecule has 1 heterocycles. The second-order valence-corrected chi connectivity index (χ2v) is 8.37. The van der Waals surface area contributed by atoms with E-state index in [1.807, 2.05) is 36.4 Å². The Hall–Kier alpha value is -3.49. The molecule has 0 saturated heterocycles. The molecule has 0 aliphatic heterocycles. The van der Waals surface area contributed by atoms with Crippen molar-refractivity contribution in [3.63, 3.8) is 0 Å². The lowest BCUT2D eigenvalue weighted by atomic mass is 10.2. The van der Waals surface area contributed by atoms with Crippen molar-refractivity contribution >= 4 is 51.5 Å². The lowest BCUT2D eigenvalue weighted by Crippen LogP contribution is -2.15. The van der Waals surface area contributed by atoms with Crippen molar-refractivity contribution in [2.45, 2.75) is 11.9 Å². The number of nitrogens with one attached hydrogen (secondary N) is 1. The van der Waals surface area contributed by atoms with Crippen molar-refractivity contribution in [3.05, 3.63) is 87.4 Å². The molecule has 0 saturated carbocycles. The molecule has 0 atom stereocenters. The van der Waals surface area contributed by atoms with E-state index in [1.165, 1.54) is 23.9 Å². The van der Waals surface area contributed by atoms with Crippen molar-refractivity contribution < 1.29 is 9.72 Å². The predicted molar refractivity (Wildman–Crippen MR) is 127 cm³/mol.